The molecular weight excluding hydrogens is 226 g/mol. The number of likely N-dealkylation sites (N-methyl/N-ethyl adjacent to an activating group) is 1. The zero-order valence-corrected chi connectivity index (χ0v) is 10.9. The van der Waals surface area contributed by atoms with Gasteiger partial charge in [-0.15, -0.1) is 0 Å². The molecule has 0 atom stereocenters. The van der Waals surface area contributed by atoms with Gasteiger partial charge in [-0.3, -0.25) is 0 Å². The van der Waals surface area contributed by atoms with Crippen molar-refractivity contribution in [1.82, 2.24) is 19.5 Å². The molecule has 0 unspecified atom stereocenters. The molecule has 2 aromatic heterocycles. The third-order valence-corrected chi connectivity index (χ3v) is 4.14. The van der Waals surface area contributed by atoms with E-state index >= 15 is 0 Å². The SMILES string of the molecule is CN(C)C1(CNc2nccn3nccc23)CCC1. The lowest BCUT2D eigenvalue weighted by Gasteiger charge is -2.47. The van der Waals surface area contributed by atoms with Crippen LogP contribution in [-0.2, 0) is 0 Å². The molecule has 96 valence electrons. The molecule has 2 heterocycles. The van der Waals surface area contributed by atoms with Gasteiger partial charge < -0.3 is 10.2 Å². The molecular formula is C13H19N5. The number of fused-ring (bicyclic) bond motifs is 1. The highest BCUT2D eigenvalue weighted by molar-refractivity contribution is 5.66. The number of rotatable bonds is 4. The predicted octanol–water partition coefficient (Wildman–Crippen LogP) is 1.63. The van der Waals surface area contributed by atoms with E-state index < -0.39 is 0 Å². The van der Waals surface area contributed by atoms with Crippen LogP contribution in [0.25, 0.3) is 5.52 Å². The predicted molar refractivity (Wildman–Crippen MR) is 71.7 cm³/mol. The average molecular weight is 245 g/mol. The van der Waals surface area contributed by atoms with Gasteiger partial charge in [-0.25, -0.2) is 9.50 Å². The number of hydrogen-bond acceptors (Lipinski definition) is 4. The molecule has 0 spiro atoms. The lowest BCUT2D eigenvalue weighted by molar-refractivity contribution is 0.0738. The average Bonchev–Trinajstić information content (AvgIpc) is 2.75. The maximum Gasteiger partial charge on any atom is 0.152 e. The van der Waals surface area contributed by atoms with Crippen LogP contribution in [0.1, 0.15) is 19.3 Å². The van der Waals surface area contributed by atoms with E-state index in [-0.39, 0.29) is 0 Å². The van der Waals surface area contributed by atoms with Crippen molar-refractivity contribution in [2.24, 2.45) is 0 Å². The number of aromatic nitrogens is 3. The molecule has 18 heavy (non-hydrogen) atoms. The van der Waals surface area contributed by atoms with Gasteiger partial charge in [0.2, 0.25) is 0 Å². The van der Waals surface area contributed by atoms with Crippen LogP contribution in [0, 0.1) is 0 Å². The summed E-state index contributed by atoms with van der Waals surface area (Å²) in [4.78, 5) is 6.74. The zero-order chi connectivity index (χ0) is 12.6. The van der Waals surface area contributed by atoms with Crippen molar-refractivity contribution >= 4 is 11.3 Å². The summed E-state index contributed by atoms with van der Waals surface area (Å²) >= 11 is 0. The van der Waals surface area contributed by atoms with Gasteiger partial charge in [0.25, 0.3) is 0 Å². The number of nitrogens with one attached hydrogen (secondary N) is 1. The minimum Gasteiger partial charge on any atom is -0.366 e. The highest BCUT2D eigenvalue weighted by Gasteiger charge is 2.38. The van der Waals surface area contributed by atoms with Crippen LogP contribution in [0.2, 0.25) is 0 Å². The minimum atomic E-state index is 0.300. The third kappa shape index (κ3) is 1.75. The summed E-state index contributed by atoms with van der Waals surface area (Å²) in [6.45, 7) is 0.942. The summed E-state index contributed by atoms with van der Waals surface area (Å²) in [6, 6.07) is 1.98. The Morgan fingerprint density at radius 2 is 2.22 bits per heavy atom. The monoisotopic (exact) mass is 245 g/mol. The lowest BCUT2D eigenvalue weighted by Crippen LogP contribution is -2.54. The van der Waals surface area contributed by atoms with Gasteiger partial charge in [0, 0.05) is 24.5 Å². The Balaban J connectivity index is 1.79. The third-order valence-electron chi connectivity index (χ3n) is 4.14. The molecule has 3 rings (SSSR count). The van der Waals surface area contributed by atoms with Crippen LogP contribution < -0.4 is 5.32 Å². The summed E-state index contributed by atoms with van der Waals surface area (Å²) in [6.07, 6.45) is 9.29. The Labute approximate surface area is 107 Å². The second kappa shape index (κ2) is 4.24. The molecule has 0 saturated heterocycles. The van der Waals surface area contributed by atoms with Crippen molar-refractivity contribution < 1.29 is 0 Å². The van der Waals surface area contributed by atoms with Crippen LogP contribution >= 0.6 is 0 Å². The van der Waals surface area contributed by atoms with E-state index in [2.05, 4.69) is 34.4 Å². The number of hydrogen-bond donors (Lipinski definition) is 1. The van der Waals surface area contributed by atoms with Crippen LogP contribution in [-0.4, -0.2) is 45.7 Å². The van der Waals surface area contributed by atoms with E-state index in [1.54, 1.807) is 12.4 Å². The van der Waals surface area contributed by atoms with E-state index in [1.807, 2.05) is 16.8 Å². The van der Waals surface area contributed by atoms with Crippen molar-refractivity contribution in [3.63, 3.8) is 0 Å². The van der Waals surface area contributed by atoms with Crippen molar-refractivity contribution in [1.29, 1.82) is 0 Å². The fourth-order valence-corrected chi connectivity index (χ4v) is 2.61. The largest absolute Gasteiger partial charge is 0.366 e. The molecule has 0 radical (unpaired) electrons. The number of nitrogens with zero attached hydrogens (tertiary/aromatic N) is 4. The molecule has 0 amide bonds. The lowest BCUT2D eigenvalue weighted by atomic mass is 9.75. The van der Waals surface area contributed by atoms with Gasteiger partial charge in [0.05, 0.1) is 6.20 Å². The smallest absolute Gasteiger partial charge is 0.152 e. The summed E-state index contributed by atoms with van der Waals surface area (Å²) in [5, 5.41) is 7.70. The molecule has 5 heteroatoms. The first-order valence-corrected chi connectivity index (χ1v) is 6.41. The Bertz CT molecular complexity index is 541. The van der Waals surface area contributed by atoms with Crippen molar-refractivity contribution in [3.05, 3.63) is 24.7 Å². The van der Waals surface area contributed by atoms with Gasteiger partial charge in [0.1, 0.15) is 5.52 Å². The molecule has 0 aliphatic heterocycles. The highest BCUT2D eigenvalue weighted by atomic mass is 15.2. The van der Waals surface area contributed by atoms with Crippen LogP contribution in [0.5, 0.6) is 0 Å². The molecule has 1 saturated carbocycles. The van der Waals surface area contributed by atoms with Crippen LogP contribution in [0.3, 0.4) is 0 Å². The Morgan fingerprint density at radius 1 is 1.39 bits per heavy atom. The van der Waals surface area contributed by atoms with Gasteiger partial charge in [-0.05, 0) is 39.4 Å². The normalized spacial score (nSPS) is 17.9. The van der Waals surface area contributed by atoms with E-state index in [0.29, 0.717) is 5.54 Å². The van der Waals surface area contributed by atoms with E-state index in [1.165, 1.54) is 19.3 Å². The first kappa shape index (κ1) is 11.5. The fourth-order valence-electron chi connectivity index (χ4n) is 2.61. The molecule has 1 N–H and O–H groups in total. The van der Waals surface area contributed by atoms with Gasteiger partial charge >= 0.3 is 0 Å². The van der Waals surface area contributed by atoms with Crippen LogP contribution in [0.15, 0.2) is 24.7 Å². The van der Waals surface area contributed by atoms with Crippen molar-refractivity contribution in [3.8, 4) is 0 Å². The number of anilines is 1. The second-order valence-corrected chi connectivity index (χ2v) is 5.26. The van der Waals surface area contributed by atoms with Gasteiger partial charge in [-0.2, -0.15) is 5.10 Å². The quantitative estimate of drug-likeness (QED) is 0.889. The fraction of sp³-hybridized carbons (Fsp3) is 0.538. The molecule has 1 aliphatic rings. The second-order valence-electron chi connectivity index (χ2n) is 5.26. The van der Waals surface area contributed by atoms with Crippen molar-refractivity contribution in [2.75, 3.05) is 26.0 Å². The van der Waals surface area contributed by atoms with Crippen molar-refractivity contribution in [2.45, 2.75) is 24.8 Å². The van der Waals surface area contributed by atoms with Crippen LogP contribution in [0.4, 0.5) is 5.82 Å². The maximum atomic E-state index is 4.41. The summed E-state index contributed by atoms with van der Waals surface area (Å²) in [5.41, 5.74) is 1.33. The van der Waals surface area contributed by atoms with Gasteiger partial charge in [0.15, 0.2) is 5.82 Å². The molecule has 2 aromatic rings. The molecule has 0 aromatic carbocycles. The zero-order valence-electron chi connectivity index (χ0n) is 10.9. The Morgan fingerprint density at radius 3 is 2.89 bits per heavy atom. The Hall–Kier alpha value is -1.62. The van der Waals surface area contributed by atoms with E-state index in [0.717, 1.165) is 17.9 Å². The molecule has 1 aliphatic carbocycles. The highest BCUT2D eigenvalue weighted by Crippen LogP contribution is 2.36. The Kier molecular flexibility index (Phi) is 2.70. The molecule has 5 nitrogen and oxygen atoms in total. The summed E-state index contributed by atoms with van der Waals surface area (Å²) in [5.74, 6) is 0.920. The minimum absolute atomic E-state index is 0.300. The topological polar surface area (TPSA) is 45.5 Å². The van der Waals surface area contributed by atoms with E-state index in [4.69, 9.17) is 0 Å². The standard InChI is InChI=1S/C13H19N5/c1-17(2)13(5-3-6-13)10-15-12-11-4-7-16-18(11)9-8-14-12/h4,7-9H,3,5-6,10H2,1-2H3,(H,14,15). The molecule has 0 bridgehead atoms. The summed E-state index contributed by atoms with van der Waals surface area (Å²) < 4.78 is 1.85. The maximum absolute atomic E-state index is 4.41. The first-order valence-electron chi connectivity index (χ1n) is 6.41. The molecule has 1 fully saturated rings. The first-order chi connectivity index (χ1) is 8.71. The van der Waals surface area contributed by atoms with Gasteiger partial charge in [-0.1, -0.05) is 0 Å². The van der Waals surface area contributed by atoms with E-state index in [9.17, 15) is 0 Å². The summed E-state index contributed by atoms with van der Waals surface area (Å²) in [7, 11) is 4.32.